The number of anilines is 1. The molecule has 6 heteroatoms. The molecule has 2 rings (SSSR count). The van der Waals surface area contributed by atoms with E-state index in [0.717, 1.165) is 0 Å². The van der Waals surface area contributed by atoms with Crippen molar-refractivity contribution in [2.45, 2.75) is 6.04 Å². The number of carbonyl (C=O) groups excluding carboxylic acids is 1. The second-order valence-electron chi connectivity index (χ2n) is 4.34. The molecule has 1 unspecified atom stereocenters. The van der Waals surface area contributed by atoms with Crippen LogP contribution < -0.4 is 10.6 Å². The molecule has 0 aliphatic heterocycles. The summed E-state index contributed by atoms with van der Waals surface area (Å²) in [7, 11) is 3.41. The number of phenols is 1. The molecule has 0 aliphatic carbocycles. The molecule has 0 radical (unpaired) electrons. The van der Waals surface area contributed by atoms with E-state index < -0.39 is 6.04 Å². The maximum atomic E-state index is 12.2. The van der Waals surface area contributed by atoms with Crippen LogP contribution in [0, 0.1) is 0 Å². The van der Waals surface area contributed by atoms with Crippen molar-refractivity contribution in [3.05, 3.63) is 42.2 Å². The summed E-state index contributed by atoms with van der Waals surface area (Å²) in [5, 5.41) is 13.2. The summed E-state index contributed by atoms with van der Waals surface area (Å²) in [6, 6.07) is 5.60. The first-order chi connectivity index (χ1) is 8.99. The Morgan fingerprint density at radius 1 is 1.42 bits per heavy atom. The second kappa shape index (κ2) is 5.11. The van der Waals surface area contributed by atoms with Gasteiger partial charge in [0, 0.05) is 31.5 Å². The highest BCUT2D eigenvalue weighted by Crippen LogP contribution is 2.20. The number of amides is 1. The summed E-state index contributed by atoms with van der Waals surface area (Å²) >= 11 is 0. The molecule has 1 aromatic heterocycles. The van der Waals surface area contributed by atoms with E-state index in [1.54, 1.807) is 43.3 Å². The van der Waals surface area contributed by atoms with Crippen LogP contribution in [0.1, 0.15) is 11.6 Å². The van der Waals surface area contributed by atoms with Crippen LogP contribution in [0.4, 0.5) is 5.69 Å². The van der Waals surface area contributed by atoms with E-state index >= 15 is 0 Å². The minimum absolute atomic E-state index is 0.154. The molecular formula is C13H16N4O2. The third-order valence-electron chi connectivity index (χ3n) is 2.92. The molecule has 1 atom stereocenters. The van der Waals surface area contributed by atoms with Gasteiger partial charge in [-0.2, -0.15) is 5.10 Å². The maximum Gasteiger partial charge on any atom is 0.248 e. The summed E-state index contributed by atoms with van der Waals surface area (Å²) in [5.74, 6) is -0.0835. The Morgan fingerprint density at radius 2 is 2.05 bits per heavy atom. The van der Waals surface area contributed by atoms with Gasteiger partial charge in [-0.15, -0.1) is 0 Å². The van der Waals surface area contributed by atoms with Crippen LogP contribution >= 0.6 is 0 Å². The zero-order chi connectivity index (χ0) is 14.0. The molecule has 0 aliphatic rings. The van der Waals surface area contributed by atoms with Crippen LogP contribution in [0.2, 0.25) is 0 Å². The number of rotatable bonds is 3. The molecule has 19 heavy (non-hydrogen) atoms. The molecule has 100 valence electrons. The van der Waals surface area contributed by atoms with E-state index in [-0.39, 0.29) is 11.7 Å². The number of carbonyl (C=O) groups is 1. The lowest BCUT2D eigenvalue weighted by molar-refractivity contribution is -0.119. The van der Waals surface area contributed by atoms with Gasteiger partial charge in [-0.1, -0.05) is 0 Å². The molecule has 2 aromatic rings. The van der Waals surface area contributed by atoms with Crippen molar-refractivity contribution < 1.29 is 9.90 Å². The van der Waals surface area contributed by atoms with Crippen LogP contribution in [-0.4, -0.2) is 27.8 Å². The lowest BCUT2D eigenvalue weighted by Gasteiger charge is -2.20. The van der Waals surface area contributed by atoms with E-state index in [2.05, 4.69) is 5.10 Å². The van der Waals surface area contributed by atoms with E-state index in [1.807, 2.05) is 0 Å². The van der Waals surface area contributed by atoms with E-state index in [1.165, 1.54) is 17.0 Å². The monoisotopic (exact) mass is 260 g/mol. The SMILES string of the molecule is CN(C(=O)C(N)c1cnn(C)c1)c1ccc(O)cc1. The quantitative estimate of drug-likeness (QED) is 0.854. The van der Waals surface area contributed by atoms with Crippen LogP contribution in [0.5, 0.6) is 5.75 Å². The number of hydrogen-bond donors (Lipinski definition) is 2. The number of nitrogens with two attached hydrogens (primary N) is 1. The van der Waals surface area contributed by atoms with Gasteiger partial charge in [0.15, 0.2) is 0 Å². The fraction of sp³-hybridized carbons (Fsp3) is 0.231. The fourth-order valence-electron chi connectivity index (χ4n) is 1.76. The summed E-state index contributed by atoms with van der Waals surface area (Å²) < 4.78 is 1.60. The number of aryl methyl sites for hydroxylation is 1. The predicted octanol–water partition coefficient (Wildman–Crippen LogP) is 0.788. The highest BCUT2D eigenvalue weighted by atomic mass is 16.3. The summed E-state index contributed by atoms with van der Waals surface area (Å²) in [6.45, 7) is 0. The zero-order valence-corrected chi connectivity index (χ0v) is 10.8. The number of hydrogen-bond acceptors (Lipinski definition) is 4. The third-order valence-corrected chi connectivity index (χ3v) is 2.92. The average molecular weight is 260 g/mol. The van der Waals surface area contributed by atoms with Crippen LogP contribution in [0.15, 0.2) is 36.7 Å². The van der Waals surface area contributed by atoms with Crippen LogP contribution in [-0.2, 0) is 11.8 Å². The van der Waals surface area contributed by atoms with Crippen molar-refractivity contribution in [3.8, 4) is 5.75 Å². The van der Waals surface area contributed by atoms with Gasteiger partial charge in [0.05, 0.1) is 6.20 Å². The van der Waals surface area contributed by atoms with Crippen molar-refractivity contribution in [1.82, 2.24) is 9.78 Å². The van der Waals surface area contributed by atoms with Gasteiger partial charge < -0.3 is 15.7 Å². The molecule has 0 fully saturated rings. The van der Waals surface area contributed by atoms with Gasteiger partial charge in [-0.05, 0) is 24.3 Å². The maximum absolute atomic E-state index is 12.2. The highest BCUT2D eigenvalue weighted by molar-refractivity contribution is 5.97. The Labute approximate surface area is 111 Å². The first-order valence-electron chi connectivity index (χ1n) is 5.80. The lowest BCUT2D eigenvalue weighted by Crippen LogP contribution is -2.35. The predicted molar refractivity (Wildman–Crippen MR) is 71.7 cm³/mol. The Bertz CT molecular complexity index is 577. The summed E-state index contributed by atoms with van der Waals surface area (Å²) in [4.78, 5) is 13.7. The first-order valence-corrected chi connectivity index (χ1v) is 5.80. The zero-order valence-electron chi connectivity index (χ0n) is 10.8. The van der Waals surface area contributed by atoms with E-state index in [0.29, 0.717) is 11.3 Å². The fourth-order valence-corrected chi connectivity index (χ4v) is 1.76. The molecule has 1 heterocycles. The molecule has 0 bridgehead atoms. The molecule has 1 aromatic carbocycles. The largest absolute Gasteiger partial charge is 0.508 e. The number of phenolic OH excluding ortho intramolecular Hbond substituents is 1. The van der Waals surface area contributed by atoms with E-state index in [9.17, 15) is 9.90 Å². The van der Waals surface area contributed by atoms with Crippen LogP contribution in [0.25, 0.3) is 0 Å². The Morgan fingerprint density at radius 3 is 2.58 bits per heavy atom. The van der Waals surface area contributed by atoms with Crippen LogP contribution in [0.3, 0.4) is 0 Å². The van der Waals surface area contributed by atoms with Gasteiger partial charge in [0.2, 0.25) is 5.91 Å². The number of aromatic hydroxyl groups is 1. The normalized spacial score (nSPS) is 12.2. The molecule has 0 saturated heterocycles. The molecule has 3 N–H and O–H groups in total. The molecule has 6 nitrogen and oxygen atoms in total. The van der Waals surface area contributed by atoms with Crippen molar-refractivity contribution in [1.29, 1.82) is 0 Å². The average Bonchev–Trinajstić information content (AvgIpc) is 2.84. The highest BCUT2D eigenvalue weighted by Gasteiger charge is 2.22. The van der Waals surface area contributed by atoms with Gasteiger partial charge in [-0.25, -0.2) is 0 Å². The van der Waals surface area contributed by atoms with Crippen molar-refractivity contribution in [3.63, 3.8) is 0 Å². The number of benzene rings is 1. The number of likely N-dealkylation sites (N-methyl/N-ethyl adjacent to an activating group) is 1. The molecular weight excluding hydrogens is 244 g/mol. The van der Waals surface area contributed by atoms with Crippen molar-refractivity contribution in [2.75, 3.05) is 11.9 Å². The standard InChI is InChI=1S/C13H16N4O2/c1-16-8-9(7-15-16)12(14)13(19)17(2)10-3-5-11(18)6-4-10/h3-8,12,18H,14H2,1-2H3. The van der Waals surface area contributed by atoms with Gasteiger partial charge >= 0.3 is 0 Å². The Hall–Kier alpha value is -2.34. The number of aromatic nitrogens is 2. The topological polar surface area (TPSA) is 84.4 Å². The smallest absolute Gasteiger partial charge is 0.248 e. The Kier molecular flexibility index (Phi) is 3.52. The van der Waals surface area contributed by atoms with Crippen molar-refractivity contribution in [2.24, 2.45) is 12.8 Å². The second-order valence-corrected chi connectivity index (χ2v) is 4.34. The molecule has 0 saturated carbocycles. The minimum Gasteiger partial charge on any atom is -0.508 e. The summed E-state index contributed by atoms with van der Waals surface area (Å²) in [5.41, 5.74) is 7.26. The van der Waals surface area contributed by atoms with E-state index in [4.69, 9.17) is 5.73 Å². The van der Waals surface area contributed by atoms with Gasteiger partial charge in [0.1, 0.15) is 11.8 Å². The number of nitrogens with zero attached hydrogens (tertiary/aromatic N) is 3. The van der Waals surface area contributed by atoms with Crippen molar-refractivity contribution >= 4 is 11.6 Å². The third kappa shape index (κ3) is 2.74. The Balaban J connectivity index is 2.17. The van der Waals surface area contributed by atoms with Gasteiger partial charge in [0.25, 0.3) is 0 Å². The summed E-state index contributed by atoms with van der Waals surface area (Å²) in [6.07, 6.45) is 3.29. The minimum atomic E-state index is -0.757. The molecule has 0 spiro atoms. The lowest BCUT2D eigenvalue weighted by atomic mass is 10.1. The van der Waals surface area contributed by atoms with Gasteiger partial charge in [-0.3, -0.25) is 9.48 Å². The first kappa shape index (κ1) is 13.1. The molecule has 1 amide bonds.